The van der Waals surface area contributed by atoms with E-state index >= 15 is 0 Å². The maximum absolute atomic E-state index is 13.4. The number of nitrogens with zero attached hydrogens (tertiary/aromatic N) is 1. The van der Waals surface area contributed by atoms with Crippen LogP contribution in [0.1, 0.15) is 28.9 Å². The van der Waals surface area contributed by atoms with E-state index in [0.29, 0.717) is 5.56 Å². The molecular formula is C27H24N2O. The molecule has 0 aliphatic heterocycles. The van der Waals surface area contributed by atoms with Crippen molar-refractivity contribution in [2.24, 2.45) is 0 Å². The average Bonchev–Trinajstić information content (AvgIpc) is 2.81. The highest BCUT2D eigenvalue weighted by Crippen LogP contribution is 2.28. The minimum absolute atomic E-state index is 0.0601. The van der Waals surface area contributed by atoms with E-state index in [1.807, 2.05) is 103 Å². The Kier molecular flexibility index (Phi) is 5.90. The van der Waals surface area contributed by atoms with Crippen molar-refractivity contribution in [1.82, 2.24) is 0 Å². The average molecular weight is 393 g/mol. The number of hydrogen-bond donors (Lipinski definition) is 1. The van der Waals surface area contributed by atoms with E-state index < -0.39 is 0 Å². The van der Waals surface area contributed by atoms with E-state index in [9.17, 15) is 4.79 Å². The van der Waals surface area contributed by atoms with Crippen molar-refractivity contribution in [1.29, 1.82) is 0 Å². The molecule has 30 heavy (non-hydrogen) atoms. The van der Waals surface area contributed by atoms with Crippen molar-refractivity contribution in [3.8, 4) is 0 Å². The van der Waals surface area contributed by atoms with Crippen LogP contribution in [0.4, 0.5) is 17.1 Å². The molecule has 1 amide bonds. The summed E-state index contributed by atoms with van der Waals surface area (Å²) in [7, 11) is 0. The van der Waals surface area contributed by atoms with Crippen LogP contribution in [0.3, 0.4) is 0 Å². The molecular weight excluding hydrogens is 368 g/mol. The number of rotatable bonds is 6. The minimum Gasteiger partial charge on any atom is -0.379 e. The Balaban J connectivity index is 1.57. The SMILES string of the molecule is C[C@H](Nc1ccc(C(=O)N(c2ccccc2)c2ccccc2)cc1)c1ccccc1. The van der Waals surface area contributed by atoms with Crippen molar-refractivity contribution in [2.45, 2.75) is 13.0 Å². The van der Waals surface area contributed by atoms with Gasteiger partial charge in [0.1, 0.15) is 0 Å². The van der Waals surface area contributed by atoms with Gasteiger partial charge in [-0.3, -0.25) is 9.69 Å². The van der Waals surface area contributed by atoms with Gasteiger partial charge in [-0.15, -0.1) is 0 Å². The second-order valence-corrected chi connectivity index (χ2v) is 7.17. The molecule has 4 aromatic rings. The Labute approximate surface area is 177 Å². The van der Waals surface area contributed by atoms with Crippen LogP contribution >= 0.6 is 0 Å². The Hall–Kier alpha value is -3.85. The highest BCUT2D eigenvalue weighted by Gasteiger charge is 2.19. The van der Waals surface area contributed by atoms with Crippen molar-refractivity contribution >= 4 is 23.0 Å². The zero-order chi connectivity index (χ0) is 20.8. The van der Waals surface area contributed by atoms with Crippen molar-refractivity contribution < 1.29 is 4.79 Å². The van der Waals surface area contributed by atoms with Gasteiger partial charge in [-0.25, -0.2) is 0 Å². The number of anilines is 3. The normalized spacial score (nSPS) is 11.5. The number of nitrogens with one attached hydrogen (secondary N) is 1. The third-order valence-electron chi connectivity index (χ3n) is 5.05. The first-order chi connectivity index (χ1) is 14.7. The topological polar surface area (TPSA) is 32.3 Å². The van der Waals surface area contributed by atoms with E-state index in [4.69, 9.17) is 0 Å². The lowest BCUT2D eigenvalue weighted by Gasteiger charge is -2.23. The summed E-state index contributed by atoms with van der Waals surface area (Å²) in [5.74, 6) is -0.0601. The van der Waals surface area contributed by atoms with E-state index in [1.165, 1.54) is 5.56 Å². The number of para-hydroxylation sites is 2. The van der Waals surface area contributed by atoms with Crippen LogP contribution in [0.2, 0.25) is 0 Å². The summed E-state index contributed by atoms with van der Waals surface area (Å²) in [5, 5.41) is 3.49. The largest absolute Gasteiger partial charge is 0.379 e. The predicted molar refractivity (Wildman–Crippen MR) is 124 cm³/mol. The summed E-state index contributed by atoms with van der Waals surface area (Å²) in [4.78, 5) is 15.2. The zero-order valence-corrected chi connectivity index (χ0v) is 16.9. The summed E-state index contributed by atoms with van der Waals surface area (Å²) >= 11 is 0. The van der Waals surface area contributed by atoms with Gasteiger partial charge in [0.25, 0.3) is 5.91 Å². The summed E-state index contributed by atoms with van der Waals surface area (Å²) < 4.78 is 0. The molecule has 0 aliphatic carbocycles. The Bertz CT molecular complexity index is 1040. The Morgan fingerprint density at radius 3 is 1.63 bits per heavy atom. The van der Waals surface area contributed by atoms with Gasteiger partial charge in [-0.05, 0) is 61.0 Å². The third-order valence-corrected chi connectivity index (χ3v) is 5.05. The van der Waals surface area contributed by atoms with Gasteiger partial charge in [-0.1, -0.05) is 66.7 Å². The van der Waals surface area contributed by atoms with Gasteiger partial charge in [0.05, 0.1) is 0 Å². The fourth-order valence-electron chi connectivity index (χ4n) is 3.45. The zero-order valence-electron chi connectivity index (χ0n) is 16.9. The van der Waals surface area contributed by atoms with Crippen LogP contribution in [-0.4, -0.2) is 5.91 Å². The first-order valence-corrected chi connectivity index (χ1v) is 10.1. The quantitative estimate of drug-likeness (QED) is 0.390. The van der Waals surface area contributed by atoms with E-state index in [0.717, 1.165) is 17.1 Å². The van der Waals surface area contributed by atoms with Gasteiger partial charge in [0.2, 0.25) is 0 Å². The fraction of sp³-hybridized carbons (Fsp3) is 0.0741. The van der Waals surface area contributed by atoms with Crippen molar-refractivity contribution in [3.63, 3.8) is 0 Å². The van der Waals surface area contributed by atoms with Crippen LogP contribution in [0.15, 0.2) is 115 Å². The molecule has 1 N–H and O–H groups in total. The number of hydrogen-bond acceptors (Lipinski definition) is 2. The van der Waals surface area contributed by atoms with Gasteiger partial charge in [-0.2, -0.15) is 0 Å². The molecule has 0 radical (unpaired) electrons. The van der Waals surface area contributed by atoms with Gasteiger partial charge < -0.3 is 5.32 Å². The number of carbonyl (C=O) groups is 1. The van der Waals surface area contributed by atoms with Crippen molar-refractivity contribution in [3.05, 3.63) is 126 Å². The standard InChI is InChI=1S/C27H24N2O/c1-21(22-11-5-2-6-12-22)28-24-19-17-23(18-20-24)27(30)29(25-13-7-3-8-14-25)26-15-9-4-10-16-26/h2-21,28H,1H3/t21-/m0/s1. The maximum Gasteiger partial charge on any atom is 0.262 e. The highest BCUT2D eigenvalue weighted by atomic mass is 16.2. The third kappa shape index (κ3) is 4.41. The molecule has 0 aliphatic rings. The molecule has 0 aromatic heterocycles. The smallest absolute Gasteiger partial charge is 0.262 e. The molecule has 3 nitrogen and oxygen atoms in total. The first kappa shape index (κ1) is 19.5. The lowest BCUT2D eigenvalue weighted by atomic mass is 10.1. The van der Waals surface area contributed by atoms with E-state index in [-0.39, 0.29) is 11.9 Å². The molecule has 0 unspecified atom stereocenters. The summed E-state index contributed by atoms with van der Waals surface area (Å²) in [6.07, 6.45) is 0. The van der Waals surface area contributed by atoms with Gasteiger partial charge in [0.15, 0.2) is 0 Å². The lowest BCUT2D eigenvalue weighted by Crippen LogP contribution is -2.25. The maximum atomic E-state index is 13.4. The van der Waals surface area contributed by atoms with Crippen molar-refractivity contribution in [2.75, 3.05) is 10.2 Å². The predicted octanol–water partition coefficient (Wildman–Crippen LogP) is 6.84. The van der Waals surface area contributed by atoms with Gasteiger partial charge >= 0.3 is 0 Å². The highest BCUT2D eigenvalue weighted by molar-refractivity contribution is 6.11. The Morgan fingerprint density at radius 1 is 0.667 bits per heavy atom. The van der Waals surface area contributed by atoms with Crippen LogP contribution in [0.5, 0.6) is 0 Å². The Morgan fingerprint density at radius 2 is 1.13 bits per heavy atom. The minimum atomic E-state index is -0.0601. The molecule has 4 rings (SSSR count). The summed E-state index contributed by atoms with van der Waals surface area (Å²) in [6, 6.07) is 37.6. The molecule has 0 heterocycles. The van der Waals surface area contributed by atoms with E-state index in [2.05, 4.69) is 24.4 Å². The summed E-state index contributed by atoms with van der Waals surface area (Å²) in [5.41, 5.74) is 4.52. The molecule has 4 aromatic carbocycles. The van der Waals surface area contributed by atoms with Gasteiger partial charge in [0, 0.05) is 28.7 Å². The molecule has 0 saturated heterocycles. The van der Waals surface area contributed by atoms with Crippen LogP contribution in [0.25, 0.3) is 0 Å². The molecule has 148 valence electrons. The molecule has 0 bridgehead atoms. The number of benzene rings is 4. The fourth-order valence-corrected chi connectivity index (χ4v) is 3.45. The monoisotopic (exact) mass is 392 g/mol. The second-order valence-electron chi connectivity index (χ2n) is 7.17. The number of amides is 1. The van der Waals surface area contributed by atoms with Crippen LogP contribution in [0, 0.1) is 0 Å². The molecule has 0 saturated carbocycles. The second kappa shape index (κ2) is 9.10. The molecule has 1 atom stereocenters. The van der Waals surface area contributed by atoms with E-state index in [1.54, 1.807) is 4.90 Å². The molecule has 3 heteroatoms. The summed E-state index contributed by atoms with van der Waals surface area (Å²) in [6.45, 7) is 2.13. The van der Waals surface area contributed by atoms with Crippen LogP contribution in [-0.2, 0) is 0 Å². The number of carbonyl (C=O) groups excluding carboxylic acids is 1. The molecule has 0 fully saturated rings. The van der Waals surface area contributed by atoms with Crippen LogP contribution < -0.4 is 10.2 Å². The lowest BCUT2D eigenvalue weighted by molar-refractivity contribution is 0.0999. The first-order valence-electron chi connectivity index (χ1n) is 10.1. The molecule has 0 spiro atoms.